The van der Waals surface area contributed by atoms with Crippen molar-refractivity contribution in [3.8, 4) is 0 Å². The summed E-state index contributed by atoms with van der Waals surface area (Å²) >= 11 is 2.94. The molecule has 10 heteroatoms. The number of rotatable bonds is 7. The number of nitro groups is 1. The first kappa shape index (κ1) is 19.7. The molecule has 2 aliphatic heterocycles. The number of aliphatic hydroxyl groups is 1. The lowest BCUT2D eigenvalue weighted by Gasteiger charge is -2.38. The molecule has 0 saturated carbocycles. The number of amides is 1. The molecule has 2 unspecified atom stereocenters. The highest BCUT2D eigenvalue weighted by Crippen LogP contribution is 2.51. The minimum absolute atomic E-state index is 0.0125. The fraction of sp³-hybridized carbons (Fsp3) is 0.412. The number of β-lactam (4-membered cyclic amide) rings is 1. The van der Waals surface area contributed by atoms with Crippen molar-refractivity contribution in [2.75, 3.05) is 12.4 Å². The van der Waals surface area contributed by atoms with Crippen molar-refractivity contribution in [3.63, 3.8) is 0 Å². The van der Waals surface area contributed by atoms with E-state index in [1.165, 1.54) is 52.7 Å². The van der Waals surface area contributed by atoms with E-state index in [4.69, 9.17) is 9.84 Å². The van der Waals surface area contributed by atoms with Gasteiger partial charge in [-0.05, 0) is 24.6 Å². The predicted molar refractivity (Wildman–Crippen MR) is 102 cm³/mol. The number of nitro benzene ring substituents is 1. The number of carbonyl (C=O) groups is 2. The van der Waals surface area contributed by atoms with Crippen LogP contribution in [-0.4, -0.2) is 55.2 Å². The summed E-state index contributed by atoms with van der Waals surface area (Å²) < 4.78 is 5.17. The van der Waals surface area contributed by atoms with Crippen molar-refractivity contribution < 1.29 is 24.4 Å². The summed E-state index contributed by atoms with van der Waals surface area (Å²) in [6.45, 7) is 1.75. The van der Waals surface area contributed by atoms with E-state index in [-0.39, 0.29) is 34.8 Å². The lowest BCUT2D eigenvalue weighted by Crippen LogP contribution is -2.57. The number of hydrogen-bond acceptors (Lipinski definition) is 8. The van der Waals surface area contributed by atoms with Gasteiger partial charge in [-0.3, -0.25) is 14.9 Å². The van der Waals surface area contributed by atoms with Gasteiger partial charge in [-0.1, -0.05) is 6.08 Å². The van der Waals surface area contributed by atoms with Crippen LogP contribution in [0.3, 0.4) is 0 Å². The second-order valence-electron chi connectivity index (χ2n) is 5.88. The largest absolute Gasteiger partial charge is 0.459 e. The van der Waals surface area contributed by atoms with Crippen LogP contribution in [0.5, 0.6) is 0 Å². The van der Waals surface area contributed by atoms with Crippen molar-refractivity contribution in [3.05, 3.63) is 51.6 Å². The maximum absolute atomic E-state index is 12.7. The number of benzene rings is 1. The number of carbonyl (C=O) groups excluding carboxylic acids is 2. The van der Waals surface area contributed by atoms with Gasteiger partial charge in [0.2, 0.25) is 0 Å². The zero-order valence-electron chi connectivity index (χ0n) is 14.4. The number of hydrogen-bond donors (Lipinski definition) is 1. The number of thioether (sulfide) groups is 2. The lowest BCUT2D eigenvalue weighted by atomic mass is 10.0. The van der Waals surface area contributed by atoms with E-state index in [0.29, 0.717) is 16.9 Å². The van der Waals surface area contributed by atoms with Crippen molar-refractivity contribution >= 4 is 41.1 Å². The summed E-state index contributed by atoms with van der Waals surface area (Å²) in [5.74, 6) is -0.217. The first-order valence-corrected chi connectivity index (χ1v) is 10.2. The van der Waals surface area contributed by atoms with Gasteiger partial charge in [-0.2, -0.15) is 0 Å². The van der Waals surface area contributed by atoms with Crippen LogP contribution in [0.2, 0.25) is 0 Å². The van der Waals surface area contributed by atoms with Crippen LogP contribution in [0, 0.1) is 10.1 Å². The van der Waals surface area contributed by atoms with Crippen LogP contribution in [-0.2, 0) is 20.9 Å². The fourth-order valence-corrected chi connectivity index (χ4v) is 6.00. The minimum atomic E-state index is -0.717. The first-order chi connectivity index (χ1) is 13.0. The standard InChI is InChI=1S/C17H18N2O6S2/c1-2-12-14(21)18-13(17(26-8-7-20)27-15(12)18)16(22)25-9-10-3-5-11(6-4-10)19(23)24/h2-6,13,15,17,20H,7-9H2,1H3/b12-2+/t13?,15-,17?/m1/s1. The van der Waals surface area contributed by atoms with E-state index in [9.17, 15) is 19.7 Å². The van der Waals surface area contributed by atoms with Gasteiger partial charge >= 0.3 is 5.97 Å². The smallest absolute Gasteiger partial charge is 0.331 e. The molecule has 2 aliphatic rings. The van der Waals surface area contributed by atoms with Gasteiger partial charge < -0.3 is 14.7 Å². The molecule has 2 saturated heterocycles. The zero-order valence-corrected chi connectivity index (χ0v) is 16.1. The highest BCUT2D eigenvalue weighted by molar-refractivity contribution is 8.17. The maximum Gasteiger partial charge on any atom is 0.331 e. The Labute approximate surface area is 164 Å². The van der Waals surface area contributed by atoms with E-state index in [1.807, 2.05) is 0 Å². The third-order valence-corrected chi connectivity index (χ3v) is 7.29. The van der Waals surface area contributed by atoms with Crippen LogP contribution < -0.4 is 0 Å². The summed E-state index contributed by atoms with van der Waals surface area (Å²) in [6.07, 6.45) is 1.76. The first-order valence-electron chi connectivity index (χ1n) is 8.24. The Kier molecular flexibility index (Phi) is 6.08. The molecule has 0 aromatic heterocycles. The normalized spacial score (nSPS) is 25.3. The van der Waals surface area contributed by atoms with E-state index >= 15 is 0 Å². The highest BCUT2D eigenvalue weighted by atomic mass is 32.2. The third kappa shape index (κ3) is 3.83. The SMILES string of the molecule is C/C=C1\C(=O)N2C(C(=O)OCc3ccc([N+](=O)[O-])cc3)C(SCCO)S[C@H]12. The zero-order chi connectivity index (χ0) is 19.6. The quantitative estimate of drug-likeness (QED) is 0.239. The molecular weight excluding hydrogens is 392 g/mol. The second kappa shape index (κ2) is 8.32. The van der Waals surface area contributed by atoms with Gasteiger partial charge in [-0.15, -0.1) is 23.5 Å². The Balaban J connectivity index is 1.67. The topological polar surface area (TPSA) is 110 Å². The lowest BCUT2D eigenvalue weighted by molar-refractivity contribution is -0.384. The van der Waals surface area contributed by atoms with Crippen molar-refractivity contribution in [2.45, 2.75) is 29.5 Å². The highest BCUT2D eigenvalue weighted by Gasteiger charge is 2.58. The van der Waals surface area contributed by atoms with Crippen molar-refractivity contribution in [2.24, 2.45) is 0 Å². The van der Waals surface area contributed by atoms with Crippen LogP contribution in [0.4, 0.5) is 5.69 Å². The molecular formula is C17H18N2O6S2. The summed E-state index contributed by atoms with van der Waals surface area (Å²) in [5.41, 5.74) is 1.27. The van der Waals surface area contributed by atoms with Crippen LogP contribution in [0.25, 0.3) is 0 Å². The summed E-state index contributed by atoms with van der Waals surface area (Å²) in [5, 5.41) is 19.6. The molecule has 2 heterocycles. The number of esters is 1. The molecule has 3 rings (SSSR count). The third-order valence-electron chi connectivity index (χ3n) is 4.27. The second-order valence-corrected chi connectivity index (χ2v) is 8.66. The van der Waals surface area contributed by atoms with E-state index < -0.39 is 16.9 Å². The number of allylic oxidation sites excluding steroid dienone is 1. The molecule has 1 aromatic rings. The van der Waals surface area contributed by atoms with E-state index in [2.05, 4.69) is 0 Å². The summed E-state index contributed by atoms with van der Waals surface area (Å²) in [4.78, 5) is 36.7. The minimum Gasteiger partial charge on any atom is -0.459 e. The molecule has 27 heavy (non-hydrogen) atoms. The number of ether oxygens (including phenoxy) is 1. The molecule has 1 N–H and O–H groups in total. The Morgan fingerprint density at radius 2 is 2.15 bits per heavy atom. The molecule has 2 fully saturated rings. The average Bonchev–Trinajstić information content (AvgIpc) is 3.00. The molecule has 1 aromatic carbocycles. The van der Waals surface area contributed by atoms with Gasteiger partial charge in [0.25, 0.3) is 11.6 Å². The predicted octanol–water partition coefficient (Wildman–Crippen LogP) is 1.92. The van der Waals surface area contributed by atoms with Gasteiger partial charge in [0.1, 0.15) is 12.0 Å². The number of aliphatic hydroxyl groups excluding tert-OH is 1. The monoisotopic (exact) mass is 410 g/mol. The number of non-ortho nitro benzene ring substituents is 1. The molecule has 0 spiro atoms. The Morgan fingerprint density at radius 3 is 2.74 bits per heavy atom. The molecule has 3 atom stereocenters. The Morgan fingerprint density at radius 1 is 1.44 bits per heavy atom. The van der Waals surface area contributed by atoms with Crippen LogP contribution in [0.15, 0.2) is 35.9 Å². The Bertz CT molecular complexity index is 782. The van der Waals surface area contributed by atoms with Gasteiger partial charge in [-0.25, -0.2) is 4.79 Å². The van der Waals surface area contributed by atoms with E-state index in [1.54, 1.807) is 13.0 Å². The number of fused-ring (bicyclic) bond motifs is 1. The van der Waals surface area contributed by atoms with Crippen molar-refractivity contribution in [1.29, 1.82) is 0 Å². The maximum atomic E-state index is 12.7. The molecule has 1 amide bonds. The van der Waals surface area contributed by atoms with Gasteiger partial charge in [0.05, 0.1) is 16.1 Å². The summed E-state index contributed by atoms with van der Waals surface area (Å²) in [7, 11) is 0. The number of nitrogens with zero attached hydrogens (tertiary/aromatic N) is 2. The molecule has 0 aliphatic carbocycles. The fourth-order valence-electron chi connectivity index (χ4n) is 2.93. The summed E-state index contributed by atoms with van der Waals surface area (Å²) in [6, 6.07) is 5.04. The molecule has 0 radical (unpaired) electrons. The molecule has 8 nitrogen and oxygen atoms in total. The molecule has 144 valence electrons. The average molecular weight is 410 g/mol. The Hall–Kier alpha value is -2.04. The van der Waals surface area contributed by atoms with Crippen LogP contribution in [0.1, 0.15) is 12.5 Å². The van der Waals surface area contributed by atoms with Gasteiger partial charge in [0.15, 0.2) is 6.04 Å². The van der Waals surface area contributed by atoms with Gasteiger partial charge in [0, 0.05) is 23.5 Å². The van der Waals surface area contributed by atoms with E-state index in [0.717, 1.165) is 0 Å². The molecule has 0 bridgehead atoms. The van der Waals surface area contributed by atoms with Crippen molar-refractivity contribution in [1.82, 2.24) is 4.90 Å². The van der Waals surface area contributed by atoms with Crippen LogP contribution >= 0.6 is 23.5 Å².